The molecule has 1 aromatic carbocycles. The quantitative estimate of drug-likeness (QED) is 0.889. The summed E-state index contributed by atoms with van der Waals surface area (Å²) in [7, 11) is -3.52. The second-order valence-corrected chi connectivity index (χ2v) is 8.24. The summed E-state index contributed by atoms with van der Waals surface area (Å²) in [6.45, 7) is 5.73. The molecule has 0 radical (unpaired) electrons. The molecule has 1 saturated heterocycles. The molecule has 0 spiro atoms. The van der Waals surface area contributed by atoms with E-state index in [1.54, 1.807) is 12.1 Å². The van der Waals surface area contributed by atoms with Gasteiger partial charge in [0.25, 0.3) is 0 Å². The summed E-state index contributed by atoms with van der Waals surface area (Å²) in [5.41, 5.74) is 6.64. The molecule has 7 heteroatoms. The summed E-state index contributed by atoms with van der Waals surface area (Å²) in [5.74, 6) is 0.688. The van der Waals surface area contributed by atoms with Crippen LogP contribution in [0.1, 0.15) is 38.2 Å². The van der Waals surface area contributed by atoms with Crippen LogP contribution >= 0.6 is 24.0 Å². The number of rotatable bonds is 4. The molecular formula is C15H24Cl2N2O2S. The Hall–Kier alpha value is -0.330. The van der Waals surface area contributed by atoms with Gasteiger partial charge in [0.2, 0.25) is 10.0 Å². The monoisotopic (exact) mass is 366 g/mol. The fourth-order valence-electron chi connectivity index (χ4n) is 2.60. The van der Waals surface area contributed by atoms with E-state index in [1.165, 1.54) is 4.31 Å². The van der Waals surface area contributed by atoms with Gasteiger partial charge >= 0.3 is 0 Å². The summed E-state index contributed by atoms with van der Waals surface area (Å²) in [5, 5.41) is 0.292. The number of piperidine rings is 1. The third-order valence-corrected chi connectivity index (χ3v) is 6.53. The molecule has 1 aromatic rings. The van der Waals surface area contributed by atoms with Crippen molar-refractivity contribution in [3.8, 4) is 0 Å². The molecule has 2 rings (SSSR count). The predicted octanol–water partition coefficient (Wildman–Crippen LogP) is 3.24. The minimum atomic E-state index is -3.52. The highest BCUT2D eigenvalue weighted by Gasteiger charge is 2.30. The molecule has 22 heavy (non-hydrogen) atoms. The SMILES string of the molecule is CC(C)c1ccc(Cl)c(S(=O)(=O)N2CCC(CN)CC2)c1.Cl. The van der Waals surface area contributed by atoms with E-state index in [-0.39, 0.29) is 23.2 Å². The van der Waals surface area contributed by atoms with Gasteiger partial charge in [-0.05, 0) is 48.9 Å². The van der Waals surface area contributed by atoms with E-state index in [1.807, 2.05) is 19.9 Å². The molecule has 0 amide bonds. The normalized spacial score (nSPS) is 17.5. The van der Waals surface area contributed by atoms with E-state index < -0.39 is 10.0 Å². The van der Waals surface area contributed by atoms with Crippen LogP contribution in [0, 0.1) is 5.92 Å². The van der Waals surface area contributed by atoms with Crippen molar-refractivity contribution in [1.29, 1.82) is 0 Å². The molecule has 126 valence electrons. The van der Waals surface area contributed by atoms with Gasteiger partial charge in [-0.2, -0.15) is 4.31 Å². The lowest BCUT2D eigenvalue weighted by atomic mass is 9.99. The Kier molecular flexibility index (Phi) is 7.15. The zero-order chi connectivity index (χ0) is 15.6. The maximum absolute atomic E-state index is 12.8. The highest BCUT2D eigenvalue weighted by atomic mass is 35.5. The first kappa shape index (κ1) is 19.7. The van der Waals surface area contributed by atoms with Gasteiger partial charge in [-0.1, -0.05) is 31.5 Å². The molecule has 4 nitrogen and oxygen atoms in total. The van der Waals surface area contributed by atoms with Crippen LogP contribution in [0.25, 0.3) is 0 Å². The Morgan fingerprint density at radius 2 is 1.91 bits per heavy atom. The summed E-state index contributed by atoms with van der Waals surface area (Å²) in [4.78, 5) is 0.224. The second-order valence-electron chi connectivity index (χ2n) is 5.93. The average molecular weight is 367 g/mol. The highest BCUT2D eigenvalue weighted by molar-refractivity contribution is 7.89. The van der Waals surface area contributed by atoms with E-state index in [4.69, 9.17) is 17.3 Å². The van der Waals surface area contributed by atoms with Crippen LogP contribution in [0.2, 0.25) is 5.02 Å². The molecule has 0 unspecified atom stereocenters. The van der Waals surface area contributed by atoms with E-state index >= 15 is 0 Å². The van der Waals surface area contributed by atoms with Crippen molar-refractivity contribution in [2.24, 2.45) is 11.7 Å². The van der Waals surface area contributed by atoms with Gasteiger partial charge in [0, 0.05) is 13.1 Å². The van der Waals surface area contributed by atoms with Gasteiger partial charge < -0.3 is 5.73 Å². The summed E-state index contributed by atoms with van der Waals surface area (Å²) in [6, 6.07) is 5.26. The van der Waals surface area contributed by atoms with Crippen LogP contribution in [0.15, 0.2) is 23.1 Å². The zero-order valence-corrected chi connectivity index (χ0v) is 15.3. The van der Waals surface area contributed by atoms with Crippen molar-refractivity contribution < 1.29 is 8.42 Å². The van der Waals surface area contributed by atoms with Crippen LogP contribution in [-0.2, 0) is 10.0 Å². The van der Waals surface area contributed by atoms with Gasteiger partial charge in [0.15, 0.2) is 0 Å². The lowest BCUT2D eigenvalue weighted by Gasteiger charge is -2.30. The number of sulfonamides is 1. The Balaban J connectivity index is 0.00000242. The minimum absolute atomic E-state index is 0. The van der Waals surface area contributed by atoms with E-state index in [9.17, 15) is 8.42 Å². The van der Waals surface area contributed by atoms with Crippen molar-refractivity contribution in [2.45, 2.75) is 37.5 Å². The van der Waals surface area contributed by atoms with Crippen LogP contribution in [0.4, 0.5) is 0 Å². The van der Waals surface area contributed by atoms with Gasteiger partial charge in [-0.25, -0.2) is 8.42 Å². The Bertz CT molecular complexity index is 598. The number of halogens is 2. The van der Waals surface area contributed by atoms with E-state index in [0.717, 1.165) is 18.4 Å². The second kappa shape index (κ2) is 7.97. The molecule has 0 aromatic heterocycles. The van der Waals surface area contributed by atoms with Crippen LogP contribution in [0.3, 0.4) is 0 Å². The molecule has 1 fully saturated rings. The Labute approximate surface area is 144 Å². The fourth-order valence-corrected chi connectivity index (χ4v) is 4.58. The fraction of sp³-hybridized carbons (Fsp3) is 0.600. The number of nitrogens with zero attached hydrogens (tertiary/aromatic N) is 1. The number of nitrogens with two attached hydrogens (primary N) is 1. The third-order valence-electron chi connectivity index (χ3n) is 4.15. The van der Waals surface area contributed by atoms with Gasteiger partial charge in [-0.15, -0.1) is 12.4 Å². The zero-order valence-electron chi connectivity index (χ0n) is 13.0. The van der Waals surface area contributed by atoms with Crippen molar-refractivity contribution in [3.63, 3.8) is 0 Å². The molecule has 1 heterocycles. The Morgan fingerprint density at radius 3 is 2.41 bits per heavy atom. The molecule has 0 atom stereocenters. The van der Waals surface area contributed by atoms with Crippen LogP contribution in [0.5, 0.6) is 0 Å². The summed E-state index contributed by atoms with van der Waals surface area (Å²) >= 11 is 6.13. The minimum Gasteiger partial charge on any atom is -0.330 e. The van der Waals surface area contributed by atoms with Crippen molar-refractivity contribution >= 4 is 34.0 Å². The Morgan fingerprint density at radius 1 is 1.32 bits per heavy atom. The predicted molar refractivity (Wildman–Crippen MR) is 93.3 cm³/mol. The molecule has 0 aliphatic carbocycles. The lowest BCUT2D eigenvalue weighted by Crippen LogP contribution is -2.40. The highest BCUT2D eigenvalue weighted by Crippen LogP contribution is 2.30. The molecule has 0 saturated carbocycles. The molecule has 2 N–H and O–H groups in total. The number of hydrogen-bond acceptors (Lipinski definition) is 3. The lowest BCUT2D eigenvalue weighted by molar-refractivity contribution is 0.278. The molecule has 1 aliphatic rings. The van der Waals surface area contributed by atoms with Crippen LogP contribution < -0.4 is 5.73 Å². The van der Waals surface area contributed by atoms with Crippen molar-refractivity contribution in [3.05, 3.63) is 28.8 Å². The maximum atomic E-state index is 12.8. The van der Waals surface area contributed by atoms with Crippen LogP contribution in [-0.4, -0.2) is 32.4 Å². The smallest absolute Gasteiger partial charge is 0.244 e. The average Bonchev–Trinajstić information content (AvgIpc) is 2.47. The first-order valence-electron chi connectivity index (χ1n) is 7.36. The summed E-state index contributed by atoms with van der Waals surface area (Å²) < 4.78 is 27.1. The van der Waals surface area contributed by atoms with E-state index in [0.29, 0.717) is 30.6 Å². The summed E-state index contributed by atoms with van der Waals surface area (Å²) in [6.07, 6.45) is 1.63. The largest absolute Gasteiger partial charge is 0.330 e. The van der Waals surface area contributed by atoms with Gasteiger partial charge in [0.05, 0.1) is 5.02 Å². The topological polar surface area (TPSA) is 63.4 Å². The van der Waals surface area contributed by atoms with Crippen molar-refractivity contribution in [2.75, 3.05) is 19.6 Å². The first-order chi connectivity index (χ1) is 9.86. The first-order valence-corrected chi connectivity index (χ1v) is 9.17. The molecular weight excluding hydrogens is 343 g/mol. The van der Waals surface area contributed by atoms with Gasteiger partial charge in [-0.3, -0.25) is 0 Å². The van der Waals surface area contributed by atoms with E-state index in [2.05, 4.69) is 0 Å². The number of hydrogen-bond donors (Lipinski definition) is 1. The van der Waals surface area contributed by atoms with Gasteiger partial charge in [0.1, 0.15) is 4.90 Å². The number of benzene rings is 1. The van der Waals surface area contributed by atoms with Crippen molar-refractivity contribution in [1.82, 2.24) is 4.31 Å². The molecule has 0 bridgehead atoms. The third kappa shape index (κ3) is 4.15. The standard InChI is InChI=1S/C15H23ClN2O2S.ClH/c1-11(2)13-3-4-14(16)15(9-13)21(19,20)18-7-5-12(10-17)6-8-18;/h3-4,9,11-12H,5-8,10,17H2,1-2H3;1H. The maximum Gasteiger partial charge on any atom is 0.244 e. The molecule has 1 aliphatic heterocycles.